The molecule has 7 nitrogen and oxygen atoms in total. The van der Waals surface area contributed by atoms with Gasteiger partial charge in [-0.25, -0.2) is 14.8 Å². The number of aromatic nitrogens is 3. The molecule has 3 rings (SSSR count). The van der Waals surface area contributed by atoms with Crippen LogP contribution in [0.4, 0.5) is 10.6 Å². The first kappa shape index (κ1) is 19.2. The average molecular weight is 371 g/mol. The molecule has 0 aromatic carbocycles. The summed E-state index contributed by atoms with van der Waals surface area (Å²) in [6.07, 6.45) is 3.55. The Balaban J connectivity index is 1.59. The molecule has 0 spiro atoms. The highest BCUT2D eigenvalue weighted by Gasteiger charge is 2.26. The molecule has 0 unspecified atom stereocenters. The zero-order chi connectivity index (χ0) is 19.6. The van der Waals surface area contributed by atoms with Crippen LogP contribution in [0.15, 0.2) is 24.5 Å². The molecule has 146 valence electrons. The molecule has 1 aliphatic rings. The van der Waals surface area contributed by atoms with E-state index in [1.54, 1.807) is 4.90 Å². The summed E-state index contributed by atoms with van der Waals surface area (Å²) in [5.74, 6) is 2.15. The predicted molar refractivity (Wildman–Crippen MR) is 106 cm³/mol. The number of aromatic amines is 1. The Hall–Kier alpha value is -2.57. The lowest BCUT2D eigenvalue weighted by molar-refractivity contribution is 0.0240. The molecule has 0 bridgehead atoms. The standard InChI is InChI=1S/C20H29N5O2/c1-14(2)16-13-22-18(23-16)15-6-7-17(21-12-15)24-8-10-25(11-9-24)19(26)27-20(3,4)5/h6-7,12-14H,8-11H2,1-5H3,(H,22,23). The van der Waals surface area contributed by atoms with Crippen LogP contribution in [0.1, 0.15) is 46.2 Å². The van der Waals surface area contributed by atoms with Gasteiger partial charge in [-0.3, -0.25) is 0 Å². The number of carbonyl (C=O) groups excluding carboxylic acids is 1. The summed E-state index contributed by atoms with van der Waals surface area (Å²) >= 11 is 0. The SMILES string of the molecule is CC(C)c1c[nH]c(-c2ccc(N3CCN(C(=O)OC(C)(C)C)CC3)nc2)n1. The van der Waals surface area contributed by atoms with Crippen LogP contribution in [0.2, 0.25) is 0 Å². The van der Waals surface area contributed by atoms with Gasteiger partial charge in [0.25, 0.3) is 0 Å². The largest absolute Gasteiger partial charge is 0.444 e. The quantitative estimate of drug-likeness (QED) is 0.891. The third-order valence-corrected chi connectivity index (χ3v) is 4.47. The van der Waals surface area contributed by atoms with E-state index in [1.807, 2.05) is 45.3 Å². The number of rotatable bonds is 3. The van der Waals surface area contributed by atoms with Gasteiger partial charge in [0.2, 0.25) is 0 Å². The zero-order valence-electron chi connectivity index (χ0n) is 16.8. The second-order valence-electron chi connectivity index (χ2n) is 8.19. The minimum atomic E-state index is -0.465. The third-order valence-electron chi connectivity index (χ3n) is 4.47. The summed E-state index contributed by atoms with van der Waals surface area (Å²) in [6, 6.07) is 4.04. The zero-order valence-corrected chi connectivity index (χ0v) is 16.8. The van der Waals surface area contributed by atoms with Gasteiger partial charge in [0.05, 0.1) is 5.69 Å². The van der Waals surface area contributed by atoms with E-state index < -0.39 is 5.60 Å². The van der Waals surface area contributed by atoms with Gasteiger partial charge in [-0.05, 0) is 38.8 Å². The Labute approximate surface area is 160 Å². The smallest absolute Gasteiger partial charge is 0.410 e. The molecule has 27 heavy (non-hydrogen) atoms. The molecule has 1 N–H and O–H groups in total. The Morgan fingerprint density at radius 3 is 2.41 bits per heavy atom. The van der Waals surface area contributed by atoms with Crippen molar-refractivity contribution < 1.29 is 9.53 Å². The maximum Gasteiger partial charge on any atom is 0.410 e. The van der Waals surface area contributed by atoms with E-state index in [2.05, 4.69) is 33.7 Å². The third kappa shape index (κ3) is 4.78. The molecule has 1 aliphatic heterocycles. The number of pyridine rings is 1. The van der Waals surface area contributed by atoms with Gasteiger partial charge < -0.3 is 19.5 Å². The molecule has 0 aliphatic carbocycles. The van der Waals surface area contributed by atoms with Crippen molar-refractivity contribution in [1.82, 2.24) is 19.9 Å². The van der Waals surface area contributed by atoms with E-state index in [0.29, 0.717) is 19.0 Å². The van der Waals surface area contributed by atoms with Gasteiger partial charge in [0.15, 0.2) is 0 Å². The number of piperazine rings is 1. The highest BCUT2D eigenvalue weighted by Crippen LogP contribution is 2.22. The van der Waals surface area contributed by atoms with Gasteiger partial charge in [-0.15, -0.1) is 0 Å². The second-order valence-corrected chi connectivity index (χ2v) is 8.19. The fourth-order valence-electron chi connectivity index (χ4n) is 2.94. The highest BCUT2D eigenvalue weighted by molar-refractivity contribution is 5.68. The fraction of sp³-hybridized carbons (Fsp3) is 0.550. The first-order valence-electron chi connectivity index (χ1n) is 9.47. The number of carbonyl (C=O) groups is 1. The number of ether oxygens (including phenoxy) is 1. The lowest BCUT2D eigenvalue weighted by atomic mass is 10.2. The van der Waals surface area contributed by atoms with Crippen molar-refractivity contribution >= 4 is 11.9 Å². The van der Waals surface area contributed by atoms with Gasteiger partial charge in [0, 0.05) is 44.1 Å². The summed E-state index contributed by atoms with van der Waals surface area (Å²) in [6.45, 7) is 12.6. The normalized spacial score (nSPS) is 15.3. The molecule has 1 amide bonds. The number of nitrogens with zero attached hydrogens (tertiary/aromatic N) is 4. The molecule has 0 radical (unpaired) electrons. The van der Waals surface area contributed by atoms with E-state index in [9.17, 15) is 4.79 Å². The number of hydrogen-bond donors (Lipinski definition) is 1. The van der Waals surface area contributed by atoms with E-state index >= 15 is 0 Å². The minimum Gasteiger partial charge on any atom is -0.444 e. The molecule has 2 aromatic heterocycles. The number of imidazole rings is 1. The van der Waals surface area contributed by atoms with Crippen LogP contribution >= 0.6 is 0 Å². The summed E-state index contributed by atoms with van der Waals surface area (Å²) in [5.41, 5.74) is 1.55. The Morgan fingerprint density at radius 2 is 1.89 bits per heavy atom. The molecule has 1 fully saturated rings. The topological polar surface area (TPSA) is 74.4 Å². The van der Waals surface area contributed by atoms with Crippen LogP contribution in [-0.2, 0) is 4.74 Å². The van der Waals surface area contributed by atoms with Crippen LogP contribution in [0.5, 0.6) is 0 Å². The first-order valence-corrected chi connectivity index (χ1v) is 9.47. The number of H-pyrrole nitrogens is 1. The van der Waals surface area contributed by atoms with Crippen molar-refractivity contribution in [2.45, 2.75) is 46.1 Å². The van der Waals surface area contributed by atoms with Crippen molar-refractivity contribution in [2.75, 3.05) is 31.1 Å². The second kappa shape index (κ2) is 7.58. The van der Waals surface area contributed by atoms with Crippen LogP contribution in [-0.4, -0.2) is 57.7 Å². The Kier molecular flexibility index (Phi) is 5.39. The number of amides is 1. The maximum absolute atomic E-state index is 12.2. The molecule has 0 saturated carbocycles. The molecule has 7 heteroatoms. The monoisotopic (exact) mass is 371 g/mol. The lowest BCUT2D eigenvalue weighted by Gasteiger charge is -2.36. The number of hydrogen-bond acceptors (Lipinski definition) is 5. The van der Waals surface area contributed by atoms with Crippen LogP contribution in [0, 0.1) is 0 Å². The molecular weight excluding hydrogens is 342 g/mol. The van der Waals surface area contributed by atoms with Crippen molar-refractivity contribution in [1.29, 1.82) is 0 Å². The van der Waals surface area contributed by atoms with E-state index in [0.717, 1.165) is 36.0 Å². The molecular formula is C20H29N5O2. The Morgan fingerprint density at radius 1 is 1.19 bits per heavy atom. The van der Waals surface area contributed by atoms with Gasteiger partial charge in [-0.2, -0.15) is 0 Å². The van der Waals surface area contributed by atoms with Crippen molar-refractivity contribution in [2.24, 2.45) is 0 Å². The maximum atomic E-state index is 12.2. The van der Waals surface area contributed by atoms with Crippen LogP contribution < -0.4 is 4.90 Å². The van der Waals surface area contributed by atoms with Gasteiger partial charge in [-0.1, -0.05) is 13.8 Å². The molecule has 3 heterocycles. The average Bonchev–Trinajstić information content (AvgIpc) is 3.11. The fourth-order valence-corrected chi connectivity index (χ4v) is 2.94. The van der Waals surface area contributed by atoms with Crippen LogP contribution in [0.25, 0.3) is 11.4 Å². The summed E-state index contributed by atoms with van der Waals surface area (Å²) < 4.78 is 5.44. The molecule has 0 atom stereocenters. The van der Waals surface area contributed by atoms with Crippen LogP contribution in [0.3, 0.4) is 0 Å². The summed E-state index contributed by atoms with van der Waals surface area (Å²) in [5, 5.41) is 0. The van der Waals surface area contributed by atoms with E-state index in [-0.39, 0.29) is 6.09 Å². The summed E-state index contributed by atoms with van der Waals surface area (Å²) in [7, 11) is 0. The van der Waals surface area contributed by atoms with Crippen molar-refractivity contribution in [3.05, 3.63) is 30.2 Å². The minimum absolute atomic E-state index is 0.246. The van der Waals surface area contributed by atoms with Gasteiger partial charge in [0.1, 0.15) is 17.2 Å². The lowest BCUT2D eigenvalue weighted by Crippen LogP contribution is -2.50. The van der Waals surface area contributed by atoms with E-state index in [1.165, 1.54) is 0 Å². The first-order chi connectivity index (χ1) is 12.7. The highest BCUT2D eigenvalue weighted by atomic mass is 16.6. The number of anilines is 1. The predicted octanol–water partition coefficient (Wildman–Crippen LogP) is 3.65. The Bertz CT molecular complexity index is 768. The van der Waals surface area contributed by atoms with Crippen molar-refractivity contribution in [3.8, 4) is 11.4 Å². The van der Waals surface area contributed by atoms with Gasteiger partial charge >= 0.3 is 6.09 Å². The molecule has 1 saturated heterocycles. The number of nitrogens with one attached hydrogen (secondary N) is 1. The molecule has 2 aromatic rings. The van der Waals surface area contributed by atoms with E-state index in [4.69, 9.17) is 4.74 Å². The summed E-state index contributed by atoms with van der Waals surface area (Å²) in [4.78, 5) is 28.5. The van der Waals surface area contributed by atoms with Crippen molar-refractivity contribution in [3.63, 3.8) is 0 Å².